The third kappa shape index (κ3) is 3.60. The lowest BCUT2D eigenvalue weighted by Gasteiger charge is -2.31. The molecule has 0 bridgehead atoms. The van der Waals surface area contributed by atoms with E-state index in [0.717, 1.165) is 12.8 Å². The van der Waals surface area contributed by atoms with Gasteiger partial charge in [0.15, 0.2) is 0 Å². The van der Waals surface area contributed by atoms with Gasteiger partial charge in [0, 0.05) is 19.0 Å². The van der Waals surface area contributed by atoms with Crippen molar-refractivity contribution in [3.8, 4) is 0 Å². The highest BCUT2D eigenvalue weighted by Crippen LogP contribution is 2.28. The maximum Gasteiger partial charge on any atom is 0.410 e. The van der Waals surface area contributed by atoms with Crippen molar-refractivity contribution in [1.82, 2.24) is 4.90 Å². The molecule has 3 atom stereocenters. The summed E-state index contributed by atoms with van der Waals surface area (Å²) in [5.41, 5.74) is 6.10. The van der Waals surface area contributed by atoms with Crippen LogP contribution in [-0.4, -0.2) is 47.4 Å². The first-order valence-electron chi connectivity index (χ1n) is 7.51. The van der Waals surface area contributed by atoms with Crippen LogP contribution in [0.15, 0.2) is 0 Å². The number of aliphatic hydroxyl groups is 1. The molecule has 1 saturated heterocycles. The van der Waals surface area contributed by atoms with E-state index in [4.69, 9.17) is 10.5 Å². The Bertz CT molecular complexity index is 305. The second-order valence-corrected chi connectivity index (χ2v) is 5.83. The Labute approximate surface area is 115 Å². The number of carbonyl (C=O) groups excluding carboxylic acids is 1. The van der Waals surface area contributed by atoms with E-state index in [2.05, 4.69) is 0 Å². The third-order valence-electron chi connectivity index (χ3n) is 4.44. The second kappa shape index (κ2) is 6.57. The molecule has 3 N–H and O–H groups in total. The van der Waals surface area contributed by atoms with Gasteiger partial charge in [0.25, 0.3) is 0 Å². The number of amides is 1. The average molecular weight is 270 g/mol. The predicted molar refractivity (Wildman–Crippen MR) is 72.7 cm³/mol. The fourth-order valence-electron chi connectivity index (χ4n) is 3.22. The Kier molecular flexibility index (Phi) is 5.05. The molecule has 1 saturated carbocycles. The predicted octanol–water partition coefficient (Wildman–Crippen LogP) is 1.49. The summed E-state index contributed by atoms with van der Waals surface area (Å²) < 4.78 is 5.27. The molecule has 0 radical (unpaired) electrons. The van der Waals surface area contributed by atoms with Gasteiger partial charge in [-0.3, -0.25) is 0 Å². The topological polar surface area (TPSA) is 75.8 Å². The highest BCUT2D eigenvalue weighted by Gasteiger charge is 2.34. The minimum Gasteiger partial charge on any atom is -0.444 e. The molecule has 5 heteroatoms. The van der Waals surface area contributed by atoms with Crippen LogP contribution < -0.4 is 5.73 Å². The van der Waals surface area contributed by atoms with Crippen LogP contribution in [-0.2, 0) is 4.74 Å². The summed E-state index contributed by atoms with van der Waals surface area (Å²) in [6.07, 6.45) is 5.46. The van der Waals surface area contributed by atoms with Crippen LogP contribution in [0.5, 0.6) is 0 Å². The number of rotatable bonds is 5. The number of nitrogens with zero attached hydrogens (tertiary/aromatic N) is 1. The highest BCUT2D eigenvalue weighted by molar-refractivity contribution is 5.69. The van der Waals surface area contributed by atoms with Crippen LogP contribution in [0.2, 0.25) is 0 Å². The third-order valence-corrected chi connectivity index (χ3v) is 4.44. The van der Waals surface area contributed by atoms with Gasteiger partial charge >= 0.3 is 6.09 Å². The Morgan fingerprint density at radius 2 is 2.11 bits per heavy atom. The average Bonchev–Trinajstić information content (AvgIpc) is 2.78. The molecule has 1 aliphatic heterocycles. The van der Waals surface area contributed by atoms with Crippen molar-refractivity contribution in [2.75, 3.05) is 13.1 Å². The van der Waals surface area contributed by atoms with Crippen LogP contribution in [0, 0.1) is 5.92 Å². The van der Waals surface area contributed by atoms with Gasteiger partial charge in [-0.25, -0.2) is 4.79 Å². The standard InChI is InChI=1S/C14H26N2O3/c1-2-16-9-11(19-14(16)18)8-12(15)13(17)10-6-4-3-5-7-10/h10-13,17H,2-9,15H2,1H3/t11-,12?,13?/m1/s1. The Hall–Kier alpha value is -0.810. The molecule has 0 aromatic carbocycles. The molecule has 0 aromatic heterocycles. The van der Waals surface area contributed by atoms with Crippen LogP contribution in [0.1, 0.15) is 45.4 Å². The zero-order valence-electron chi connectivity index (χ0n) is 11.8. The monoisotopic (exact) mass is 270 g/mol. The Balaban J connectivity index is 1.80. The molecule has 2 rings (SSSR count). The molecule has 1 amide bonds. The smallest absolute Gasteiger partial charge is 0.410 e. The molecule has 2 fully saturated rings. The van der Waals surface area contributed by atoms with Gasteiger partial charge < -0.3 is 20.5 Å². The van der Waals surface area contributed by atoms with Crippen molar-refractivity contribution < 1.29 is 14.6 Å². The summed E-state index contributed by atoms with van der Waals surface area (Å²) in [5, 5.41) is 10.3. The minimum atomic E-state index is -0.463. The Morgan fingerprint density at radius 1 is 1.42 bits per heavy atom. The Morgan fingerprint density at radius 3 is 2.68 bits per heavy atom. The molecular weight excluding hydrogens is 244 g/mol. The summed E-state index contributed by atoms with van der Waals surface area (Å²) in [6.45, 7) is 3.19. The van der Waals surface area contributed by atoms with Gasteiger partial charge in [0.2, 0.25) is 0 Å². The number of likely N-dealkylation sites (N-methyl/N-ethyl adjacent to an activating group) is 1. The lowest BCUT2D eigenvalue weighted by Crippen LogP contribution is -2.43. The molecule has 1 heterocycles. The van der Waals surface area contributed by atoms with Gasteiger partial charge in [-0.05, 0) is 25.7 Å². The molecular formula is C14H26N2O3. The van der Waals surface area contributed by atoms with Gasteiger partial charge in [0.1, 0.15) is 6.10 Å². The van der Waals surface area contributed by atoms with E-state index < -0.39 is 6.10 Å². The number of ether oxygens (including phenoxy) is 1. The molecule has 2 aliphatic rings. The quantitative estimate of drug-likeness (QED) is 0.793. The van der Waals surface area contributed by atoms with Gasteiger partial charge in [-0.15, -0.1) is 0 Å². The number of hydrogen-bond donors (Lipinski definition) is 2. The van der Waals surface area contributed by atoms with Crippen LogP contribution >= 0.6 is 0 Å². The molecule has 19 heavy (non-hydrogen) atoms. The normalized spacial score (nSPS) is 28.3. The van der Waals surface area contributed by atoms with Crippen molar-refractivity contribution in [3.05, 3.63) is 0 Å². The SMILES string of the molecule is CCN1C[C@@H](CC(N)C(O)C2CCCCC2)OC1=O. The van der Waals surface area contributed by atoms with E-state index in [1.54, 1.807) is 4.90 Å². The summed E-state index contributed by atoms with van der Waals surface area (Å²) in [4.78, 5) is 13.1. The lowest BCUT2D eigenvalue weighted by molar-refractivity contribution is 0.0439. The second-order valence-electron chi connectivity index (χ2n) is 5.83. The first kappa shape index (κ1) is 14.6. The van der Waals surface area contributed by atoms with Crippen molar-refractivity contribution in [1.29, 1.82) is 0 Å². The number of nitrogens with two attached hydrogens (primary N) is 1. The van der Waals surface area contributed by atoms with Gasteiger partial charge in [-0.2, -0.15) is 0 Å². The van der Waals surface area contributed by atoms with Crippen LogP contribution in [0.25, 0.3) is 0 Å². The number of hydrogen-bond acceptors (Lipinski definition) is 4. The maximum absolute atomic E-state index is 11.5. The van der Waals surface area contributed by atoms with E-state index in [0.29, 0.717) is 25.4 Å². The maximum atomic E-state index is 11.5. The van der Waals surface area contributed by atoms with Crippen molar-refractivity contribution >= 4 is 6.09 Å². The first-order valence-corrected chi connectivity index (χ1v) is 7.51. The zero-order valence-corrected chi connectivity index (χ0v) is 11.8. The zero-order chi connectivity index (χ0) is 13.8. The molecule has 2 unspecified atom stereocenters. The fourth-order valence-corrected chi connectivity index (χ4v) is 3.22. The summed E-state index contributed by atoms with van der Waals surface area (Å²) >= 11 is 0. The minimum absolute atomic E-state index is 0.166. The van der Waals surface area contributed by atoms with Crippen LogP contribution in [0.3, 0.4) is 0 Å². The molecule has 5 nitrogen and oxygen atoms in total. The van der Waals surface area contributed by atoms with E-state index in [9.17, 15) is 9.90 Å². The molecule has 0 spiro atoms. The lowest BCUT2D eigenvalue weighted by atomic mass is 9.82. The van der Waals surface area contributed by atoms with E-state index in [-0.39, 0.29) is 18.2 Å². The summed E-state index contributed by atoms with van der Waals surface area (Å²) in [7, 11) is 0. The largest absolute Gasteiger partial charge is 0.444 e. The van der Waals surface area contributed by atoms with Gasteiger partial charge in [0.05, 0.1) is 12.6 Å². The van der Waals surface area contributed by atoms with Crippen molar-refractivity contribution in [3.63, 3.8) is 0 Å². The van der Waals surface area contributed by atoms with Crippen LogP contribution in [0.4, 0.5) is 4.79 Å². The van der Waals surface area contributed by atoms with E-state index in [1.807, 2.05) is 6.92 Å². The number of aliphatic hydroxyl groups excluding tert-OH is 1. The highest BCUT2D eigenvalue weighted by atomic mass is 16.6. The van der Waals surface area contributed by atoms with E-state index in [1.165, 1.54) is 19.3 Å². The fraction of sp³-hybridized carbons (Fsp3) is 0.929. The van der Waals surface area contributed by atoms with E-state index >= 15 is 0 Å². The molecule has 0 aromatic rings. The van der Waals surface area contributed by atoms with Crippen molar-refractivity contribution in [2.45, 2.75) is 63.7 Å². The van der Waals surface area contributed by atoms with Gasteiger partial charge in [-0.1, -0.05) is 19.3 Å². The summed E-state index contributed by atoms with van der Waals surface area (Å²) in [6, 6.07) is -0.294. The molecule has 1 aliphatic carbocycles. The molecule has 110 valence electrons. The first-order chi connectivity index (χ1) is 9.11. The number of carbonyl (C=O) groups is 1. The van der Waals surface area contributed by atoms with Crippen molar-refractivity contribution in [2.24, 2.45) is 11.7 Å². The summed E-state index contributed by atoms with van der Waals surface area (Å²) in [5.74, 6) is 0.322. The number of cyclic esters (lactones) is 1.